The van der Waals surface area contributed by atoms with E-state index in [0.717, 1.165) is 31.3 Å². The Morgan fingerprint density at radius 1 is 1.36 bits per heavy atom. The number of carbonyl (C=O) groups excluding carboxylic acids is 1. The minimum absolute atomic E-state index is 0.132. The maximum absolute atomic E-state index is 12.4. The van der Waals surface area contributed by atoms with Crippen molar-refractivity contribution in [3.05, 3.63) is 58.0 Å². The summed E-state index contributed by atoms with van der Waals surface area (Å²) in [5.41, 5.74) is -0.388. The number of phenolic OH excluding ortho intramolecular Hbond substituents is 1. The van der Waals surface area contributed by atoms with E-state index in [-0.39, 0.29) is 29.6 Å². The molecule has 2 N–H and O–H groups in total. The van der Waals surface area contributed by atoms with Crippen LogP contribution in [0.1, 0.15) is 36.0 Å². The minimum Gasteiger partial charge on any atom is -0.507 e. The van der Waals surface area contributed by atoms with E-state index in [0.29, 0.717) is 5.76 Å². The molecule has 0 spiro atoms. The Morgan fingerprint density at radius 3 is 2.64 bits per heavy atom. The number of carbonyl (C=O) groups is 1. The molecule has 2 rings (SSSR count). The van der Waals surface area contributed by atoms with Crippen molar-refractivity contribution in [1.29, 1.82) is 0 Å². The summed E-state index contributed by atoms with van der Waals surface area (Å²) >= 11 is 0. The molecule has 2 aromatic rings. The summed E-state index contributed by atoms with van der Waals surface area (Å²) in [7, 11) is 0. The molecule has 0 unspecified atom stereocenters. The average Bonchev–Trinajstić information content (AvgIpc) is 3.12. The summed E-state index contributed by atoms with van der Waals surface area (Å²) in [6, 6.07) is 6.79. The fraction of sp³-hybridized carbons (Fsp3) is 0.353. The number of nitrogens with one attached hydrogen (secondary N) is 1. The Hall–Kier alpha value is -2.87. The first-order valence-electron chi connectivity index (χ1n) is 8.01. The Balaban J connectivity index is 2.16. The van der Waals surface area contributed by atoms with Crippen LogP contribution >= 0.6 is 0 Å². The monoisotopic (exact) mass is 347 g/mol. The third-order valence-corrected chi connectivity index (χ3v) is 4.02. The molecule has 8 heteroatoms. The van der Waals surface area contributed by atoms with Gasteiger partial charge in [-0.2, -0.15) is 0 Å². The zero-order chi connectivity index (χ0) is 18.4. The SMILES string of the molecule is CCN(CC)[C@H](CNC(=O)c1cc([N+](=O)[O-])ccc1O)c1ccco1. The molecule has 25 heavy (non-hydrogen) atoms. The first-order valence-corrected chi connectivity index (χ1v) is 8.01. The molecule has 0 aliphatic rings. The summed E-state index contributed by atoms with van der Waals surface area (Å²) in [5, 5.41) is 23.4. The number of phenols is 1. The van der Waals surface area contributed by atoms with Crippen LogP contribution in [0, 0.1) is 10.1 Å². The van der Waals surface area contributed by atoms with Crippen molar-refractivity contribution in [3.63, 3.8) is 0 Å². The fourth-order valence-corrected chi connectivity index (χ4v) is 2.66. The van der Waals surface area contributed by atoms with Gasteiger partial charge < -0.3 is 14.8 Å². The van der Waals surface area contributed by atoms with Crippen molar-refractivity contribution in [2.24, 2.45) is 0 Å². The lowest BCUT2D eigenvalue weighted by Gasteiger charge is -2.28. The van der Waals surface area contributed by atoms with Crippen molar-refractivity contribution in [2.75, 3.05) is 19.6 Å². The number of nitrogens with zero attached hydrogens (tertiary/aromatic N) is 2. The van der Waals surface area contributed by atoms with Crippen LogP contribution in [0.5, 0.6) is 5.75 Å². The van der Waals surface area contributed by atoms with E-state index < -0.39 is 10.8 Å². The minimum atomic E-state index is -0.613. The maximum atomic E-state index is 12.4. The molecule has 1 aromatic carbocycles. The van der Waals surface area contributed by atoms with E-state index in [1.165, 1.54) is 0 Å². The Labute approximate surface area is 145 Å². The molecule has 0 saturated carbocycles. The van der Waals surface area contributed by atoms with Gasteiger partial charge in [0, 0.05) is 18.7 Å². The third kappa shape index (κ3) is 4.36. The van der Waals surface area contributed by atoms with Gasteiger partial charge >= 0.3 is 0 Å². The maximum Gasteiger partial charge on any atom is 0.270 e. The summed E-state index contributed by atoms with van der Waals surface area (Å²) in [6.45, 7) is 5.79. The van der Waals surface area contributed by atoms with Crippen molar-refractivity contribution in [1.82, 2.24) is 10.2 Å². The molecule has 134 valence electrons. The number of hydrogen-bond donors (Lipinski definition) is 2. The normalized spacial score (nSPS) is 12.1. The molecular weight excluding hydrogens is 326 g/mol. The second kappa shape index (κ2) is 8.29. The molecule has 0 radical (unpaired) electrons. The Morgan fingerprint density at radius 2 is 2.08 bits per heavy atom. The van der Waals surface area contributed by atoms with Gasteiger partial charge in [-0.05, 0) is 31.3 Å². The standard InChI is InChI=1S/C17H21N3O5/c1-3-19(4-2)14(16-6-5-9-25-16)11-18-17(22)13-10-12(20(23)24)7-8-15(13)21/h5-10,14,21H,3-4,11H2,1-2H3,(H,18,22)/t14-/m1/s1. The molecule has 0 aliphatic heterocycles. The van der Waals surface area contributed by atoms with Crippen LogP contribution < -0.4 is 5.32 Å². The summed E-state index contributed by atoms with van der Waals surface area (Å²) in [6.07, 6.45) is 1.57. The van der Waals surface area contributed by atoms with E-state index in [4.69, 9.17) is 4.42 Å². The lowest BCUT2D eigenvalue weighted by atomic mass is 10.1. The number of aromatic hydroxyl groups is 1. The molecule has 1 amide bonds. The van der Waals surface area contributed by atoms with Crippen molar-refractivity contribution in [2.45, 2.75) is 19.9 Å². The molecule has 1 atom stereocenters. The van der Waals surface area contributed by atoms with E-state index in [2.05, 4.69) is 10.2 Å². The number of nitro benzene ring substituents is 1. The Kier molecular flexibility index (Phi) is 6.13. The van der Waals surface area contributed by atoms with Gasteiger partial charge in [-0.25, -0.2) is 0 Å². The van der Waals surface area contributed by atoms with E-state index >= 15 is 0 Å². The number of likely N-dealkylation sites (N-methyl/N-ethyl adjacent to an activating group) is 1. The van der Waals surface area contributed by atoms with Crippen LogP contribution in [0.2, 0.25) is 0 Å². The van der Waals surface area contributed by atoms with E-state index in [1.807, 2.05) is 19.9 Å². The Bertz CT molecular complexity index is 726. The van der Waals surface area contributed by atoms with Gasteiger partial charge in [0.05, 0.1) is 22.8 Å². The van der Waals surface area contributed by atoms with E-state index in [9.17, 15) is 20.0 Å². The highest BCUT2D eigenvalue weighted by Crippen LogP contribution is 2.24. The quantitative estimate of drug-likeness (QED) is 0.561. The topological polar surface area (TPSA) is 109 Å². The van der Waals surface area contributed by atoms with E-state index in [1.54, 1.807) is 12.3 Å². The number of benzene rings is 1. The van der Waals surface area contributed by atoms with Gasteiger partial charge in [-0.1, -0.05) is 13.8 Å². The average molecular weight is 347 g/mol. The van der Waals surface area contributed by atoms with Crippen molar-refractivity contribution < 1.29 is 19.2 Å². The van der Waals surface area contributed by atoms with Crippen LogP contribution in [0.4, 0.5) is 5.69 Å². The first-order chi connectivity index (χ1) is 12.0. The van der Waals surface area contributed by atoms with Crippen molar-refractivity contribution in [3.8, 4) is 5.75 Å². The zero-order valence-electron chi connectivity index (χ0n) is 14.1. The third-order valence-electron chi connectivity index (χ3n) is 4.02. The molecule has 1 heterocycles. The van der Waals surface area contributed by atoms with Crippen LogP contribution in [-0.4, -0.2) is 40.5 Å². The van der Waals surface area contributed by atoms with Gasteiger partial charge in [0.1, 0.15) is 11.5 Å². The first kappa shape index (κ1) is 18.5. The number of amides is 1. The second-order valence-electron chi connectivity index (χ2n) is 5.42. The van der Waals surface area contributed by atoms with Crippen LogP contribution in [0.3, 0.4) is 0 Å². The molecule has 8 nitrogen and oxygen atoms in total. The molecule has 0 fully saturated rings. The second-order valence-corrected chi connectivity index (χ2v) is 5.42. The highest BCUT2D eigenvalue weighted by molar-refractivity contribution is 5.97. The molecule has 0 aliphatic carbocycles. The molecular formula is C17H21N3O5. The molecule has 0 saturated heterocycles. The smallest absolute Gasteiger partial charge is 0.270 e. The number of furan rings is 1. The summed E-state index contributed by atoms with van der Waals surface area (Å²) in [5.74, 6) is -0.169. The van der Waals surface area contributed by atoms with Crippen LogP contribution in [0.15, 0.2) is 41.0 Å². The van der Waals surface area contributed by atoms with Gasteiger partial charge in [0.25, 0.3) is 11.6 Å². The van der Waals surface area contributed by atoms with Crippen molar-refractivity contribution >= 4 is 11.6 Å². The lowest BCUT2D eigenvalue weighted by molar-refractivity contribution is -0.384. The van der Waals surface area contributed by atoms with Crippen LogP contribution in [-0.2, 0) is 0 Å². The fourth-order valence-electron chi connectivity index (χ4n) is 2.66. The van der Waals surface area contributed by atoms with Crippen LogP contribution in [0.25, 0.3) is 0 Å². The number of nitro groups is 1. The predicted octanol–water partition coefficient (Wildman–Crippen LogP) is 2.71. The van der Waals surface area contributed by atoms with Gasteiger partial charge in [0.2, 0.25) is 0 Å². The van der Waals surface area contributed by atoms with Gasteiger partial charge in [-0.3, -0.25) is 19.8 Å². The highest BCUT2D eigenvalue weighted by atomic mass is 16.6. The number of hydrogen-bond acceptors (Lipinski definition) is 6. The number of rotatable bonds is 8. The zero-order valence-corrected chi connectivity index (χ0v) is 14.1. The predicted molar refractivity (Wildman–Crippen MR) is 91.5 cm³/mol. The molecule has 1 aromatic heterocycles. The summed E-state index contributed by atoms with van der Waals surface area (Å²) < 4.78 is 5.46. The number of non-ortho nitro benzene ring substituents is 1. The lowest BCUT2D eigenvalue weighted by Crippen LogP contribution is -2.38. The summed E-state index contributed by atoms with van der Waals surface area (Å²) in [4.78, 5) is 24.7. The largest absolute Gasteiger partial charge is 0.507 e. The molecule has 0 bridgehead atoms. The van der Waals surface area contributed by atoms with Gasteiger partial charge in [-0.15, -0.1) is 0 Å². The van der Waals surface area contributed by atoms with Gasteiger partial charge in [0.15, 0.2) is 0 Å². The highest BCUT2D eigenvalue weighted by Gasteiger charge is 2.23.